The Morgan fingerprint density at radius 2 is 1.78 bits per heavy atom. The molecule has 1 aliphatic heterocycles. The molecule has 5 rings (SSSR count). The van der Waals surface area contributed by atoms with E-state index in [4.69, 9.17) is 0 Å². The molecule has 1 amide bonds. The number of hydrogen-bond donors (Lipinski definition) is 1. The maximum atomic E-state index is 12.4. The lowest BCUT2D eigenvalue weighted by Gasteiger charge is -2.40. The van der Waals surface area contributed by atoms with Crippen LogP contribution in [0.1, 0.15) is 50.4 Å². The van der Waals surface area contributed by atoms with E-state index in [0.29, 0.717) is 34.8 Å². The lowest BCUT2D eigenvalue weighted by molar-refractivity contribution is 0.0995. The van der Waals surface area contributed by atoms with E-state index >= 15 is 0 Å². The summed E-state index contributed by atoms with van der Waals surface area (Å²) < 4.78 is 1.91. The van der Waals surface area contributed by atoms with Crippen molar-refractivity contribution in [2.45, 2.75) is 52.7 Å². The van der Waals surface area contributed by atoms with E-state index in [0.717, 1.165) is 17.4 Å². The molecule has 3 aromatic rings. The van der Waals surface area contributed by atoms with Gasteiger partial charge in [0.15, 0.2) is 5.69 Å². The van der Waals surface area contributed by atoms with Gasteiger partial charge >= 0.3 is 0 Å². The number of para-hydroxylation sites is 1. The van der Waals surface area contributed by atoms with Gasteiger partial charge in [-0.15, -0.1) is 10.2 Å². The SMILES string of the molecule is CC1(C)CC2CC(C)(CN2Cn2c(O)c(N=NC(=O)c3ccccc3)c3ccccc32)C1. The van der Waals surface area contributed by atoms with Crippen molar-refractivity contribution in [3.63, 3.8) is 0 Å². The summed E-state index contributed by atoms with van der Waals surface area (Å²) in [6.45, 7) is 8.75. The summed E-state index contributed by atoms with van der Waals surface area (Å²) in [4.78, 5) is 14.9. The van der Waals surface area contributed by atoms with Gasteiger partial charge in [0.05, 0.1) is 12.2 Å². The van der Waals surface area contributed by atoms with Gasteiger partial charge in [-0.25, -0.2) is 0 Å². The smallest absolute Gasteiger partial charge is 0.295 e. The first-order valence-corrected chi connectivity index (χ1v) is 11.3. The highest BCUT2D eigenvalue weighted by Crippen LogP contribution is 2.53. The Bertz CT molecular complexity index is 1200. The average Bonchev–Trinajstić information content (AvgIpc) is 3.15. The van der Waals surface area contributed by atoms with E-state index in [-0.39, 0.29) is 5.88 Å². The largest absolute Gasteiger partial charge is 0.493 e. The van der Waals surface area contributed by atoms with Gasteiger partial charge in [-0.3, -0.25) is 14.3 Å². The summed E-state index contributed by atoms with van der Waals surface area (Å²) in [6, 6.07) is 17.1. The lowest BCUT2D eigenvalue weighted by Crippen LogP contribution is -2.35. The third-order valence-electron chi connectivity index (χ3n) is 7.03. The van der Waals surface area contributed by atoms with Crippen molar-refractivity contribution in [3.8, 4) is 5.88 Å². The molecular weight excluding hydrogens is 400 g/mol. The number of azo groups is 1. The van der Waals surface area contributed by atoms with Crippen LogP contribution in [0.25, 0.3) is 10.9 Å². The van der Waals surface area contributed by atoms with Crippen LogP contribution in [0, 0.1) is 10.8 Å². The molecule has 1 N–H and O–H groups in total. The molecule has 2 unspecified atom stereocenters. The normalized spacial score (nSPS) is 25.0. The molecule has 1 aliphatic carbocycles. The first-order valence-electron chi connectivity index (χ1n) is 11.3. The fourth-order valence-corrected chi connectivity index (χ4v) is 6.17. The molecule has 0 spiro atoms. The van der Waals surface area contributed by atoms with E-state index < -0.39 is 5.91 Å². The van der Waals surface area contributed by atoms with Crippen LogP contribution in [0.3, 0.4) is 0 Å². The first-order chi connectivity index (χ1) is 15.2. The van der Waals surface area contributed by atoms with Gasteiger partial charge in [0.2, 0.25) is 5.88 Å². The number of amides is 1. The minimum atomic E-state index is -0.426. The van der Waals surface area contributed by atoms with Gasteiger partial charge in [0.1, 0.15) is 0 Å². The van der Waals surface area contributed by atoms with E-state index in [2.05, 4.69) is 35.9 Å². The Balaban J connectivity index is 1.47. The molecule has 2 heterocycles. The van der Waals surface area contributed by atoms with Crippen molar-refractivity contribution in [2.24, 2.45) is 21.1 Å². The number of hydrogen-bond acceptors (Lipinski definition) is 4. The number of aromatic nitrogens is 1. The molecule has 6 nitrogen and oxygen atoms in total. The van der Waals surface area contributed by atoms with E-state index in [1.54, 1.807) is 24.3 Å². The zero-order valence-electron chi connectivity index (χ0n) is 19.0. The fraction of sp³-hybridized carbons (Fsp3) is 0.423. The number of benzene rings is 2. The van der Waals surface area contributed by atoms with Gasteiger partial charge < -0.3 is 5.11 Å². The second kappa shape index (κ2) is 7.55. The molecule has 2 bridgehead atoms. The number of nitrogens with zero attached hydrogens (tertiary/aromatic N) is 4. The highest BCUT2D eigenvalue weighted by atomic mass is 16.3. The molecule has 1 saturated heterocycles. The lowest BCUT2D eigenvalue weighted by atomic mass is 9.65. The van der Waals surface area contributed by atoms with E-state index in [1.165, 1.54) is 19.3 Å². The Kier molecular flexibility index (Phi) is 4.93. The van der Waals surface area contributed by atoms with Gasteiger partial charge in [-0.2, -0.15) is 0 Å². The van der Waals surface area contributed by atoms with Crippen LogP contribution >= 0.6 is 0 Å². The van der Waals surface area contributed by atoms with Gasteiger partial charge in [0, 0.05) is 23.5 Å². The van der Waals surface area contributed by atoms with E-state index in [9.17, 15) is 9.90 Å². The molecular formula is C26H30N4O2. The van der Waals surface area contributed by atoms with Crippen LogP contribution in [-0.4, -0.2) is 33.1 Å². The summed E-state index contributed by atoms with van der Waals surface area (Å²) in [7, 11) is 0. The molecule has 1 saturated carbocycles. The van der Waals surface area contributed by atoms with Crippen LogP contribution in [0.15, 0.2) is 64.8 Å². The first kappa shape index (κ1) is 20.9. The van der Waals surface area contributed by atoms with Crippen molar-refractivity contribution in [2.75, 3.05) is 6.54 Å². The molecule has 2 fully saturated rings. The third kappa shape index (κ3) is 3.73. The maximum Gasteiger partial charge on any atom is 0.295 e. The maximum absolute atomic E-state index is 12.4. The third-order valence-corrected chi connectivity index (χ3v) is 7.03. The second-order valence-electron chi connectivity index (χ2n) is 10.6. The Labute approximate surface area is 188 Å². The van der Waals surface area contributed by atoms with Gasteiger partial charge in [-0.1, -0.05) is 57.2 Å². The summed E-state index contributed by atoms with van der Waals surface area (Å²) in [6.07, 6.45) is 3.60. The molecule has 6 heteroatoms. The number of fused-ring (bicyclic) bond motifs is 3. The summed E-state index contributed by atoms with van der Waals surface area (Å²) >= 11 is 0. The van der Waals surface area contributed by atoms with Crippen LogP contribution in [-0.2, 0) is 6.67 Å². The highest BCUT2D eigenvalue weighted by molar-refractivity contribution is 5.97. The zero-order chi connectivity index (χ0) is 22.5. The average molecular weight is 431 g/mol. The Morgan fingerprint density at radius 1 is 1.06 bits per heavy atom. The molecule has 32 heavy (non-hydrogen) atoms. The fourth-order valence-electron chi connectivity index (χ4n) is 6.17. The number of likely N-dealkylation sites (tertiary alicyclic amines) is 1. The number of carbonyl (C=O) groups is 1. The highest BCUT2D eigenvalue weighted by Gasteiger charge is 2.49. The van der Waals surface area contributed by atoms with Gasteiger partial charge in [-0.05, 0) is 48.3 Å². The zero-order valence-corrected chi connectivity index (χ0v) is 19.0. The molecule has 2 aromatic carbocycles. The minimum Gasteiger partial charge on any atom is -0.493 e. The number of rotatable bonds is 4. The monoisotopic (exact) mass is 430 g/mol. The summed E-state index contributed by atoms with van der Waals surface area (Å²) in [5, 5.41) is 20.0. The molecule has 2 aliphatic rings. The van der Waals surface area contributed by atoms with Crippen LogP contribution < -0.4 is 0 Å². The van der Waals surface area contributed by atoms with Crippen LogP contribution in [0.5, 0.6) is 5.88 Å². The molecule has 2 atom stereocenters. The van der Waals surface area contributed by atoms with E-state index in [1.807, 2.05) is 34.9 Å². The number of carbonyl (C=O) groups excluding carboxylic acids is 1. The van der Waals surface area contributed by atoms with Crippen molar-refractivity contribution in [1.29, 1.82) is 0 Å². The summed E-state index contributed by atoms with van der Waals surface area (Å²) in [5.74, 6) is -0.369. The predicted molar refractivity (Wildman–Crippen MR) is 125 cm³/mol. The van der Waals surface area contributed by atoms with Crippen LogP contribution in [0.4, 0.5) is 5.69 Å². The van der Waals surface area contributed by atoms with Gasteiger partial charge in [0.25, 0.3) is 5.91 Å². The van der Waals surface area contributed by atoms with Crippen molar-refractivity contribution >= 4 is 22.5 Å². The molecule has 1 aromatic heterocycles. The van der Waals surface area contributed by atoms with Crippen molar-refractivity contribution < 1.29 is 9.90 Å². The minimum absolute atomic E-state index is 0.0571. The summed E-state index contributed by atoms with van der Waals surface area (Å²) in [5.41, 5.74) is 2.37. The van der Waals surface area contributed by atoms with Crippen molar-refractivity contribution in [3.05, 3.63) is 60.2 Å². The molecule has 0 radical (unpaired) electrons. The Morgan fingerprint density at radius 3 is 2.56 bits per heavy atom. The van der Waals surface area contributed by atoms with Crippen LogP contribution in [0.2, 0.25) is 0 Å². The van der Waals surface area contributed by atoms with Crippen molar-refractivity contribution in [1.82, 2.24) is 9.47 Å². The quantitative estimate of drug-likeness (QED) is 0.506. The number of aromatic hydroxyl groups is 1. The predicted octanol–water partition coefficient (Wildman–Crippen LogP) is 6.13. The second-order valence-corrected chi connectivity index (χ2v) is 10.6. The molecule has 166 valence electrons. The standard InChI is InChI=1S/C26H30N4O2/c1-25(2)13-19-14-26(3,15-25)16-29(19)17-30-21-12-8-7-11-20(21)22(24(30)32)27-28-23(31)18-9-5-4-6-10-18/h4-12,19,32H,13-17H2,1-3H3. The topological polar surface area (TPSA) is 70.2 Å². The Hall–Kier alpha value is -2.99.